The predicted octanol–water partition coefficient (Wildman–Crippen LogP) is 3.11. The molecule has 0 fully saturated rings. The Kier molecular flexibility index (Phi) is 3.09. The number of carboxylic acids is 1. The summed E-state index contributed by atoms with van der Waals surface area (Å²) in [6.45, 7) is 0.282. The van der Waals surface area contributed by atoms with E-state index in [-0.39, 0.29) is 12.2 Å². The first kappa shape index (κ1) is 12.2. The number of benzene rings is 1. The Bertz CT molecular complexity index is 750. The number of aromatic nitrogens is 1. The van der Waals surface area contributed by atoms with Gasteiger partial charge in [0.1, 0.15) is 12.4 Å². The van der Waals surface area contributed by atoms with Crippen LogP contribution in [0.5, 0.6) is 5.88 Å². The molecule has 100 valence electrons. The topological polar surface area (TPSA) is 72.6 Å². The minimum atomic E-state index is -0.971. The van der Waals surface area contributed by atoms with Crippen molar-refractivity contribution in [3.05, 3.63) is 60.1 Å². The van der Waals surface area contributed by atoms with Crippen LogP contribution in [0.2, 0.25) is 0 Å². The van der Waals surface area contributed by atoms with Crippen LogP contribution in [0.3, 0.4) is 0 Å². The lowest BCUT2D eigenvalue weighted by atomic mass is 10.1. The zero-order valence-corrected chi connectivity index (χ0v) is 10.4. The number of hydrogen-bond donors (Lipinski definition) is 1. The van der Waals surface area contributed by atoms with E-state index >= 15 is 0 Å². The van der Waals surface area contributed by atoms with Crippen LogP contribution in [0, 0.1) is 0 Å². The van der Waals surface area contributed by atoms with Crippen molar-refractivity contribution in [1.82, 2.24) is 4.98 Å². The highest BCUT2D eigenvalue weighted by Gasteiger charge is 2.09. The quantitative estimate of drug-likeness (QED) is 0.787. The molecule has 0 bridgehead atoms. The molecule has 1 aromatic carbocycles. The molecule has 0 saturated heterocycles. The molecule has 0 saturated carbocycles. The maximum atomic E-state index is 11.1. The van der Waals surface area contributed by atoms with Gasteiger partial charge in [-0.1, -0.05) is 6.07 Å². The van der Waals surface area contributed by atoms with E-state index in [1.807, 2.05) is 6.07 Å². The largest absolute Gasteiger partial charge is 0.478 e. The molecule has 2 aromatic heterocycles. The smallest absolute Gasteiger partial charge is 0.336 e. The molecule has 5 nitrogen and oxygen atoms in total. The highest BCUT2D eigenvalue weighted by atomic mass is 16.5. The molecular weight excluding hydrogens is 258 g/mol. The number of fused-ring (bicyclic) bond motifs is 1. The summed E-state index contributed by atoms with van der Waals surface area (Å²) in [5.41, 5.74) is 0.814. The van der Waals surface area contributed by atoms with Crippen LogP contribution < -0.4 is 4.74 Å². The molecule has 20 heavy (non-hydrogen) atoms. The molecule has 0 amide bonds. The number of hydrogen-bond acceptors (Lipinski definition) is 4. The van der Waals surface area contributed by atoms with Crippen molar-refractivity contribution in [1.29, 1.82) is 0 Å². The minimum Gasteiger partial charge on any atom is -0.478 e. The molecule has 0 spiro atoms. The van der Waals surface area contributed by atoms with Gasteiger partial charge in [0.2, 0.25) is 5.88 Å². The fourth-order valence-corrected chi connectivity index (χ4v) is 1.94. The monoisotopic (exact) mass is 269 g/mol. The molecule has 5 heteroatoms. The van der Waals surface area contributed by atoms with Crippen LogP contribution in [0.15, 0.2) is 53.1 Å². The van der Waals surface area contributed by atoms with Crippen LogP contribution in [0.1, 0.15) is 16.1 Å². The van der Waals surface area contributed by atoms with Gasteiger partial charge in [0, 0.05) is 11.5 Å². The first-order valence-electron chi connectivity index (χ1n) is 6.02. The second kappa shape index (κ2) is 5.05. The van der Waals surface area contributed by atoms with Gasteiger partial charge in [0.15, 0.2) is 0 Å². The highest BCUT2D eigenvalue weighted by molar-refractivity contribution is 6.02. The Morgan fingerprint density at radius 2 is 2.10 bits per heavy atom. The summed E-state index contributed by atoms with van der Waals surface area (Å²) < 4.78 is 10.7. The van der Waals surface area contributed by atoms with Gasteiger partial charge < -0.3 is 14.3 Å². The lowest BCUT2D eigenvalue weighted by Gasteiger charge is -2.06. The van der Waals surface area contributed by atoms with Gasteiger partial charge in [0.05, 0.1) is 17.3 Å². The normalized spacial score (nSPS) is 10.6. The van der Waals surface area contributed by atoms with E-state index in [0.29, 0.717) is 22.5 Å². The summed E-state index contributed by atoms with van der Waals surface area (Å²) in [4.78, 5) is 15.4. The van der Waals surface area contributed by atoms with E-state index in [9.17, 15) is 4.79 Å². The minimum absolute atomic E-state index is 0.229. The van der Waals surface area contributed by atoms with Crippen molar-refractivity contribution in [3.63, 3.8) is 0 Å². The van der Waals surface area contributed by atoms with E-state index in [4.69, 9.17) is 14.3 Å². The average Bonchev–Trinajstić information content (AvgIpc) is 2.97. The summed E-state index contributed by atoms with van der Waals surface area (Å²) in [7, 11) is 0. The molecule has 0 unspecified atom stereocenters. The number of carboxylic acid groups (broad SMARTS) is 1. The van der Waals surface area contributed by atoms with E-state index in [2.05, 4.69) is 4.98 Å². The third-order valence-electron chi connectivity index (χ3n) is 2.88. The number of rotatable bonds is 4. The highest BCUT2D eigenvalue weighted by Crippen LogP contribution is 2.21. The Balaban J connectivity index is 1.89. The standard InChI is InChI=1S/C15H11NO4/c17-15(18)12-4-1-5-13-11(12)6-7-14(16-13)20-9-10-3-2-8-19-10/h1-8H,9H2,(H,17,18). The van der Waals surface area contributed by atoms with Crippen molar-refractivity contribution < 1.29 is 19.1 Å². The van der Waals surface area contributed by atoms with Crippen LogP contribution >= 0.6 is 0 Å². The second-order valence-corrected chi connectivity index (χ2v) is 4.19. The van der Waals surface area contributed by atoms with Gasteiger partial charge in [0.25, 0.3) is 0 Å². The zero-order chi connectivity index (χ0) is 13.9. The molecular formula is C15H11NO4. The Morgan fingerprint density at radius 1 is 1.20 bits per heavy atom. The van der Waals surface area contributed by atoms with Crippen molar-refractivity contribution >= 4 is 16.9 Å². The molecule has 1 N–H and O–H groups in total. The maximum Gasteiger partial charge on any atom is 0.336 e. The summed E-state index contributed by atoms with van der Waals surface area (Å²) in [6.07, 6.45) is 1.58. The van der Waals surface area contributed by atoms with Crippen LogP contribution in [-0.4, -0.2) is 16.1 Å². The van der Waals surface area contributed by atoms with Gasteiger partial charge in [-0.3, -0.25) is 0 Å². The second-order valence-electron chi connectivity index (χ2n) is 4.19. The molecule has 0 aliphatic rings. The van der Waals surface area contributed by atoms with Gasteiger partial charge in [-0.15, -0.1) is 0 Å². The first-order chi connectivity index (χ1) is 9.74. The lowest BCUT2D eigenvalue weighted by Crippen LogP contribution is -1.99. The lowest BCUT2D eigenvalue weighted by molar-refractivity contribution is 0.0699. The number of aromatic carboxylic acids is 1. The summed E-state index contributed by atoms with van der Waals surface area (Å²) in [6, 6.07) is 11.9. The number of pyridine rings is 1. The summed E-state index contributed by atoms with van der Waals surface area (Å²) in [5.74, 6) is 0.157. The van der Waals surface area contributed by atoms with Gasteiger partial charge >= 0.3 is 5.97 Å². The van der Waals surface area contributed by atoms with Crippen molar-refractivity contribution in [2.45, 2.75) is 6.61 Å². The molecule has 2 heterocycles. The Morgan fingerprint density at radius 3 is 2.85 bits per heavy atom. The van der Waals surface area contributed by atoms with E-state index in [1.165, 1.54) is 0 Å². The van der Waals surface area contributed by atoms with E-state index in [0.717, 1.165) is 0 Å². The zero-order valence-electron chi connectivity index (χ0n) is 10.4. The van der Waals surface area contributed by atoms with Crippen molar-refractivity contribution in [3.8, 4) is 5.88 Å². The van der Waals surface area contributed by atoms with Crippen molar-refractivity contribution in [2.75, 3.05) is 0 Å². The first-order valence-corrected chi connectivity index (χ1v) is 6.02. The third kappa shape index (κ3) is 2.33. The summed E-state index contributed by atoms with van der Waals surface area (Å²) >= 11 is 0. The number of ether oxygens (including phenoxy) is 1. The van der Waals surface area contributed by atoms with Crippen molar-refractivity contribution in [2.24, 2.45) is 0 Å². The SMILES string of the molecule is O=C(O)c1cccc2nc(OCc3ccco3)ccc12. The van der Waals surface area contributed by atoms with Crippen LogP contribution in [0.25, 0.3) is 10.9 Å². The number of carbonyl (C=O) groups is 1. The predicted molar refractivity (Wildman–Crippen MR) is 71.7 cm³/mol. The van der Waals surface area contributed by atoms with Gasteiger partial charge in [-0.05, 0) is 30.3 Å². The van der Waals surface area contributed by atoms with Gasteiger partial charge in [-0.25, -0.2) is 9.78 Å². The molecule has 3 aromatic rings. The number of nitrogens with zero attached hydrogens (tertiary/aromatic N) is 1. The third-order valence-corrected chi connectivity index (χ3v) is 2.88. The molecule has 0 radical (unpaired) electrons. The number of furan rings is 1. The molecule has 3 rings (SSSR count). The summed E-state index contributed by atoms with van der Waals surface area (Å²) in [5, 5.41) is 9.70. The van der Waals surface area contributed by atoms with E-state index in [1.54, 1.807) is 42.7 Å². The van der Waals surface area contributed by atoms with Gasteiger partial charge in [-0.2, -0.15) is 0 Å². The Hall–Kier alpha value is -2.82. The maximum absolute atomic E-state index is 11.1. The Labute approximate surface area is 114 Å². The van der Waals surface area contributed by atoms with E-state index < -0.39 is 5.97 Å². The molecule has 0 aliphatic heterocycles. The average molecular weight is 269 g/mol. The van der Waals surface area contributed by atoms with Crippen LogP contribution in [0.4, 0.5) is 0 Å². The molecule has 0 atom stereocenters. The van der Waals surface area contributed by atoms with Crippen LogP contribution in [-0.2, 0) is 6.61 Å². The fourth-order valence-electron chi connectivity index (χ4n) is 1.94. The fraction of sp³-hybridized carbons (Fsp3) is 0.0667. The molecule has 0 aliphatic carbocycles.